The Kier molecular flexibility index (Phi) is 6.02. The highest BCUT2D eigenvalue weighted by atomic mass is 127. The van der Waals surface area contributed by atoms with Gasteiger partial charge >= 0.3 is 0 Å². The molecule has 0 saturated carbocycles. The first kappa shape index (κ1) is 17.3. The van der Waals surface area contributed by atoms with E-state index < -0.39 is 5.91 Å². The molecule has 1 N–H and O–H groups in total. The van der Waals surface area contributed by atoms with Crippen LogP contribution in [0.1, 0.15) is 5.56 Å². The predicted octanol–water partition coefficient (Wildman–Crippen LogP) is 4.50. The number of methoxy groups -OCH3 is 1. The number of anilines is 1. The number of rotatable bonds is 4. The van der Waals surface area contributed by atoms with E-state index >= 15 is 0 Å². The maximum absolute atomic E-state index is 12.2. The van der Waals surface area contributed by atoms with Crippen molar-refractivity contribution in [1.82, 2.24) is 0 Å². The molecule has 4 nitrogen and oxygen atoms in total. The Morgan fingerprint density at radius 3 is 2.61 bits per heavy atom. The lowest BCUT2D eigenvalue weighted by molar-refractivity contribution is -0.112. The lowest BCUT2D eigenvalue weighted by Crippen LogP contribution is -2.13. The first-order valence-electron chi connectivity index (χ1n) is 6.55. The molecular weight excluding hydrogens is 427 g/mol. The third-order valence-corrected chi connectivity index (χ3v) is 3.78. The summed E-state index contributed by atoms with van der Waals surface area (Å²) >= 11 is 7.95. The number of nitrogens with one attached hydrogen (secondary N) is 1. The Morgan fingerprint density at radius 2 is 2.00 bits per heavy atom. The molecule has 2 rings (SSSR count). The zero-order valence-corrected chi connectivity index (χ0v) is 15.1. The molecule has 0 aliphatic heterocycles. The third kappa shape index (κ3) is 4.98. The molecule has 0 atom stereocenters. The highest BCUT2D eigenvalue weighted by Gasteiger charge is 2.10. The van der Waals surface area contributed by atoms with Crippen LogP contribution < -0.4 is 10.1 Å². The molecule has 23 heavy (non-hydrogen) atoms. The van der Waals surface area contributed by atoms with Crippen LogP contribution in [0.5, 0.6) is 5.75 Å². The predicted molar refractivity (Wildman–Crippen MR) is 99.4 cm³/mol. The summed E-state index contributed by atoms with van der Waals surface area (Å²) in [6.07, 6.45) is 1.52. The van der Waals surface area contributed by atoms with Gasteiger partial charge in [0.25, 0.3) is 5.91 Å². The zero-order chi connectivity index (χ0) is 16.8. The molecule has 2 aromatic carbocycles. The number of hydrogen-bond acceptors (Lipinski definition) is 3. The number of amides is 1. The van der Waals surface area contributed by atoms with E-state index in [1.54, 1.807) is 37.4 Å². The summed E-state index contributed by atoms with van der Waals surface area (Å²) in [6, 6.07) is 14.1. The average molecular weight is 439 g/mol. The second-order valence-corrected chi connectivity index (χ2v) is 6.24. The van der Waals surface area contributed by atoms with Crippen molar-refractivity contribution in [1.29, 1.82) is 5.26 Å². The van der Waals surface area contributed by atoms with Gasteiger partial charge in [0.2, 0.25) is 0 Å². The molecule has 0 radical (unpaired) electrons. The van der Waals surface area contributed by atoms with Crippen molar-refractivity contribution < 1.29 is 9.53 Å². The molecule has 116 valence electrons. The minimum absolute atomic E-state index is 0.00371. The van der Waals surface area contributed by atoms with Gasteiger partial charge in [0.15, 0.2) is 0 Å². The summed E-state index contributed by atoms with van der Waals surface area (Å²) in [5.74, 6) is 0.186. The number of halogens is 2. The molecule has 0 fully saturated rings. The molecule has 0 aliphatic rings. The van der Waals surface area contributed by atoms with E-state index in [1.165, 1.54) is 6.08 Å². The van der Waals surface area contributed by atoms with Crippen LogP contribution in [0, 0.1) is 14.9 Å². The summed E-state index contributed by atoms with van der Waals surface area (Å²) in [5, 5.41) is 12.5. The monoisotopic (exact) mass is 438 g/mol. The summed E-state index contributed by atoms with van der Waals surface area (Å²) in [7, 11) is 1.57. The minimum atomic E-state index is -0.479. The first-order valence-corrected chi connectivity index (χ1v) is 8.01. The van der Waals surface area contributed by atoms with Crippen molar-refractivity contribution in [3.63, 3.8) is 0 Å². The van der Waals surface area contributed by atoms with Crippen molar-refractivity contribution in [3.8, 4) is 11.8 Å². The molecule has 6 heteroatoms. The van der Waals surface area contributed by atoms with E-state index in [0.717, 1.165) is 9.13 Å². The summed E-state index contributed by atoms with van der Waals surface area (Å²) in [5.41, 5.74) is 1.29. The lowest BCUT2D eigenvalue weighted by Gasteiger charge is -2.06. The molecular formula is C17H12ClIN2O2. The minimum Gasteiger partial charge on any atom is -0.497 e. The molecule has 0 spiro atoms. The SMILES string of the molecule is COc1cc(I)cc(/C=C(\C#N)C(=O)Nc2ccc(Cl)cc2)c1. The van der Waals surface area contributed by atoms with Crippen molar-refractivity contribution in [2.75, 3.05) is 12.4 Å². The number of ether oxygens (including phenoxy) is 1. The van der Waals surface area contributed by atoms with Crippen molar-refractivity contribution in [3.05, 3.63) is 62.2 Å². The van der Waals surface area contributed by atoms with Gasteiger partial charge in [-0.3, -0.25) is 4.79 Å². The van der Waals surface area contributed by atoms with Gasteiger partial charge in [-0.1, -0.05) is 11.6 Å². The van der Waals surface area contributed by atoms with Gasteiger partial charge in [0, 0.05) is 14.3 Å². The highest BCUT2D eigenvalue weighted by Crippen LogP contribution is 2.21. The van der Waals surface area contributed by atoms with Gasteiger partial charge in [0.05, 0.1) is 7.11 Å². The zero-order valence-electron chi connectivity index (χ0n) is 12.1. The molecule has 0 aliphatic carbocycles. The molecule has 0 bridgehead atoms. The van der Waals surface area contributed by atoms with Crippen LogP contribution in [-0.2, 0) is 4.79 Å². The smallest absolute Gasteiger partial charge is 0.266 e. The van der Waals surface area contributed by atoms with E-state index in [4.69, 9.17) is 16.3 Å². The Labute approximate surface area is 152 Å². The van der Waals surface area contributed by atoms with E-state index in [1.807, 2.05) is 18.2 Å². The fourth-order valence-corrected chi connectivity index (χ4v) is 2.62. The summed E-state index contributed by atoms with van der Waals surface area (Å²) in [4.78, 5) is 12.2. The van der Waals surface area contributed by atoms with E-state index in [0.29, 0.717) is 16.5 Å². The van der Waals surface area contributed by atoms with Crippen molar-refractivity contribution >= 4 is 51.9 Å². The second kappa shape index (κ2) is 7.99. The second-order valence-electron chi connectivity index (χ2n) is 4.56. The summed E-state index contributed by atoms with van der Waals surface area (Å²) in [6.45, 7) is 0. The average Bonchev–Trinajstić information content (AvgIpc) is 2.54. The van der Waals surface area contributed by atoms with Gasteiger partial charge in [-0.05, 0) is 76.7 Å². The molecule has 2 aromatic rings. The summed E-state index contributed by atoms with van der Waals surface area (Å²) < 4.78 is 6.14. The first-order chi connectivity index (χ1) is 11.0. The fourth-order valence-electron chi connectivity index (χ4n) is 1.83. The maximum Gasteiger partial charge on any atom is 0.266 e. The van der Waals surface area contributed by atoms with Gasteiger partial charge in [-0.2, -0.15) is 5.26 Å². The molecule has 0 heterocycles. The Hall–Kier alpha value is -2.04. The number of carbonyl (C=O) groups is 1. The largest absolute Gasteiger partial charge is 0.497 e. The van der Waals surface area contributed by atoms with Crippen LogP contribution in [0.25, 0.3) is 6.08 Å². The van der Waals surface area contributed by atoms with Crippen LogP contribution >= 0.6 is 34.2 Å². The fraction of sp³-hybridized carbons (Fsp3) is 0.0588. The molecule has 0 saturated heterocycles. The number of carbonyl (C=O) groups excluding carboxylic acids is 1. The van der Waals surface area contributed by atoms with Gasteiger partial charge in [0.1, 0.15) is 17.4 Å². The van der Waals surface area contributed by atoms with Gasteiger partial charge in [-0.25, -0.2) is 0 Å². The van der Waals surface area contributed by atoms with E-state index in [2.05, 4.69) is 27.9 Å². The van der Waals surface area contributed by atoms with Crippen LogP contribution in [0.15, 0.2) is 48.0 Å². The van der Waals surface area contributed by atoms with Gasteiger partial charge in [-0.15, -0.1) is 0 Å². The molecule has 0 unspecified atom stereocenters. The van der Waals surface area contributed by atoms with Crippen LogP contribution in [-0.4, -0.2) is 13.0 Å². The lowest BCUT2D eigenvalue weighted by atomic mass is 10.1. The van der Waals surface area contributed by atoms with E-state index in [-0.39, 0.29) is 5.57 Å². The maximum atomic E-state index is 12.2. The van der Waals surface area contributed by atoms with Crippen LogP contribution in [0.2, 0.25) is 5.02 Å². The number of benzene rings is 2. The highest BCUT2D eigenvalue weighted by molar-refractivity contribution is 14.1. The molecule has 1 amide bonds. The topological polar surface area (TPSA) is 62.1 Å². The quantitative estimate of drug-likeness (QED) is 0.434. The number of hydrogen-bond donors (Lipinski definition) is 1. The van der Waals surface area contributed by atoms with Crippen LogP contribution in [0.4, 0.5) is 5.69 Å². The van der Waals surface area contributed by atoms with Gasteiger partial charge < -0.3 is 10.1 Å². The Bertz CT molecular complexity index is 795. The van der Waals surface area contributed by atoms with E-state index in [9.17, 15) is 10.1 Å². The third-order valence-electron chi connectivity index (χ3n) is 2.91. The van der Waals surface area contributed by atoms with Crippen molar-refractivity contribution in [2.45, 2.75) is 0 Å². The normalized spacial score (nSPS) is 10.8. The standard InChI is InChI=1S/C17H12ClIN2O2/c1-23-16-8-11(7-14(19)9-16)6-12(10-20)17(22)21-15-4-2-13(18)3-5-15/h2-9H,1H3,(H,21,22)/b12-6+. The Morgan fingerprint density at radius 1 is 1.30 bits per heavy atom. The van der Waals surface area contributed by atoms with Crippen molar-refractivity contribution in [2.24, 2.45) is 0 Å². The number of nitrogens with zero attached hydrogens (tertiary/aromatic N) is 1. The van der Waals surface area contributed by atoms with Crippen LogP contribution in [0.3, 0.4) is 0 Å². The number of nitriles is 1. The Balaban J connectivity index is 2.24. The molecule has 0 aromatic heterocycles.